The molecule has 2 atom stereocenters. The van der Waals surface area contributed by atoms with Crippen LogP contribution in [0.4, 0.5) is 13.2 Å². The molecule has 1 saturated carbocycles. The van der Waals surface area contributed by atoms with Gasteiger partial charge in [0, 0.05) is 6.04 Å². The van der Waals surface area contributed by atoms with Crippen molar-refractivity contribution in [2.24, 2.45) is 11.7 Å². The number of hydrogen-bond donors (Lipinski definition) is 3. The Labute approximate surface area is 142 Å². The van der Waals surface area contributed by atoms with Gasteiger partial charge in [-0.2, -0.15) is 13.2 Å². The average molecular weight is 350 g/mol. The summed E-state index contributed by atoms with van der Waals surface area (Å²) < 4.78 is 38.6. The highest BCUT2D eigenvalue weighted by molar-refractivity contribution is 5.98. The van der Waals surface area contributed by atoms with Crippen molar-refractivity contribution in [1.82, 2.24) is 5.32 Å². The van der Waals surface area contributed by atoms with E-state index in [0.717, 1.165) is 18.6 Å². The summed E-state index contributed by atoms with van der Waals surface area (Å²) >= 11 is 0. The van der Waals surface area contributed by atoms with E-state index >= 15 is 0 Å². The zero-order valence-corrected chi connectivity index (χ0v) is 13.2. The Kier molecular flexibility index (Phi) is 4.43. The largest absolute Gasteiger partial charge is 0.507 e. The number of benzene rings is 2. The fourth-order valence-electron chi connectivity index (χ4n) is 2.70. The van der Waals surface area contributed by atoms with Gasteiger partial charge in [0.25, 0.3) is 5.91 Å². The van der Waals surface area contributed by atoms with Crippen molar-refractivity contribution in [2.75, 3.05) is 6.54 Å². The Morgan fingerprint density at radius 1 is 1.20 bits per heavy atom. The highest BCUT2D eigenvalue weighted by Gasteiger charge is 2.37. The lowest BCUT2D eigenvalue weighted by Gasteiger charge is -2.11. The zero-order chi connectivity index (χ0) is 18.2. The van der Waals surface area contributed by atoms with E-state index in [1.807, 2.05) is 0 Å². The van der Waals surface area contributed by atoms with Crippen LogP contribution in [0.1, 0.15) is 22.3 Å². The zero-order valence-electron chi connectivity index (χ0n) is 13.2. The molecule has 3 rings (SSSR count). The van der Waals surface area contributed by atoms with Crippen LogP contribution in [-0.2, 0) is 6.18 Å². The third-order valence-corrected chi connectivity index (χ3v) is 4.31. The van der Waals surface area contributed by atoms with Crippen LogP contribution in [0.3, 0.4) is 0 Å². The molecule has 0 aliphatic heterocycles. The molecule has 2 unspecified atom stereocenters. The smallest absolute Gasteiger partial charge is 0.416 e. The number of halogens is 3. The molecule has 2 aromatic rings. The number of nitrogens with one attached hydrogen (secondary N) is 1. The minimum Gasteiger partial charge on any atom is -0.507 e. The Hall–Kier alpha value is -2.54. The summed E-state index contributed by atoms with van der Waals surface area (Å²) in [6.07, 6.45) is -3.66. The van der Waals surface area contributed by atoms with Crippen LogP contribution >= 0.6 is 0 Å². The first-order valence-electron chi connectivity index (χ1n) is 7.81. The number of carbonyl (C=O) groups is 1. The molecule has 0 radical (unpaired) electrons. The molecule has 4 nitrogen and oxygen atoms in total. The molecule has 0 spiro atoms. The number of aromatic hydroxyl groups is 1. The van der Waals surface area contributed by atoms with Crippen LogP contribution < -0.4 is 11.1 Å². The van der Waals surface area contributed by atoms with Gasteiger partial charge >= 0.3 is 6.18 Å². The van der Waals surface area contributed by atoms with Crippen LogP contribution in [0.2, 0.25) is 0 Å². The fraction of sp³-hybridized carbons (Fsp3) is 0.278. The molecule has 1 aliphatic rings. The van der Waals surface area contributed by atoms with Crippen molar-refractivity contribution >= 4 is 5.91 Å². The standard InChI is InChI=1S/C18H17F3N2O2/c19-18(20,21)13-3-1-2-10(6-13)11-4-5-16(24)14(7-11)17(25)23-15-8-12(15)9-22/h1-7,12,15,24H,8-9,22H2,(H,23,25). The maximum Gasteiger partial charge on any atom is 0.416 e. The van der Waals surface area contributed by atoms with Crippen LogP contribution in [-0.4, -0.2) is 23.6 Å². The van der Waals surface area contributed by atoms with Crippen molar-refractivity contribution in [3.8, 4) is 16.9 Å². The van der Waals surface area contributed by atoms with Gasteiger partial charge in [-0.25, -0.2) is 0 Å². The van der Waals surface area contributed by atoms with Crippen molar-refractivity contribution in [1.29, 1.82) is 0 Å². The highest BCUT2D eigenvalue weighted by atomic mass is 19.4. The number of phenols is 1. The summed E-state index contributed by atoms with van der Waals surface area (Å²) in [5, 5.41) is 12.7. The molecule has 2 aromatic carbocycles. The van der Waals surface area contributed by atoms with Crippen molar-refractivity contribution in [3.63, 3.8) is 0 Å². The average Bonchev–Trinajstić information content (AvgIpc) is 3.32. The predicted molar refractivity (Wildman–Crippen MR) is 87.0 cm³/mol. The van der Waals surface area contributed by atoms with E-state index < -0.39 is 17.6 Å². The molecular weight excluding hydrogens is 333 g/mol. The second kappa shape index (κ2) is 6.40. The Morgan fingerprint density at radius 2 is 1.92 bits per heavy atom. The maximum absolute atomic E-state index is 12.9. The number of carbonyl (C=O) groups excluding carboxylic acids is 1. The minimum absolute atomic E-state index is 0.0193. The van der Waals surface area contributed by atoms with Crippen molar-refractivity contribution in [2.45, 2.75) is 18.6 Å². The SMILES string of the molecule is NCC1CC1NC(=O)c1cc(-c2cccc(C(F)(F)F)c2)ccc1O. The lowest BCUT2D eigenvalue weighted by molar-refractivity contribution is -0.137. The van der Waals surface area contributed by atoms with Gasteiger partial charge in [-0.05, 0) is 54.3 Å². The molecule has 0 saturated heterocycles. The monoisotopic (exact) mass is 350 g/mol. The van der Waals surface area contributed by atoms with E-state index in [2.05, 4.69) is 5.32 Å². The molecule has 0 heterocycles. The van der Waals surface area contributed by atoms with E-state index in [4.69, 9.17) is 5.73 Å². The molecule has 25 heavy (non-hydrogen) atoms. The fourth-order valence-corrected chi connectivity index (χ4v) is 2.70. The number of rotatable bonds is 4. The van der Waals surface area contributed by atoms with E-state index in [-0.39, 0.29) is 23.3 Å². The third kappa shape index (κ3) is 3.76. The summed E-state index contributed by atoms with van der Waals surface area (Å²) in [5.41, 5.74) is 5.51. The van der Waals surface area contributed by atoms with Crippen LogP contribution in [0.5, 0.6) is 5.75 Å². The van der Waals surface area contributed by atoms with Gasteiger partial charge in [-0.3, -0.25) is 4.79 Å². The quantitative estimate of drug-likeness (QED) is 0.793. The van der Waals surface area contributed by atoms with Gasteiger partial charge in [0.1, 0.15) is 5.75 Å². The Bertz CT molecular complexity index is 805. The Balaban J connectivity index is 1.88. The van der Waals surface area contributed by atoms with Crippen molar-refractivity contribution in [3.05, 3.63) is 53.6 Å². The minimum atomic E-state index is -4.45. The summed E-state index contributed by atoms with van der Waals surface area (Å²) in [4.78, 5) is 12.3. The summed E-state index contributed by atoms with van der Waals surface area (Å²) in [7, 11) is 0. The first kappa shape index (κ1) is 17.3. The number of hydrogen-bond acceptors (Lipinski definition) is 3. The first-order valence-corrected chi connectivity index (χ1v) is 7.81. The van der Waals surface area contributed by atoms with E-state index in [9.17, 15) is 23.1 Å². The number of nitrogens with two attached hydrogens (primary N) is 1. The highest BCUT2D eigenvalue weighted by Crippen LogP contribution is 2.34. The summed E-state index contributed by atoms with van der Waals surface area (Å²) in [5.74, 6) is -0.455. The van der Waals surface area contributed by atoms with Crippen LogP contribution in [0, 0.1) is 5.92 Å². The molecule has 132 valence electrons. The second-order valence-electron chi connectivity index (χ2n) is 6.12. The van der Waals surface area contributed by atoms with E-state index in [1.54, 1.807) is 0 Å². The van der Waals surface area contributed by atoms with Crippen LogP contribution in [0.25, 0.3) is 11.1 Å². The maximum atomic E-state index is 12.9. The van der Waals surface area contributed by atoms with E-state index in [1.165, 1.54) is 30.3 Å². The summed E-state index contributed by atoms with van der Waals surface area (Å²) in [6.45, 7) is 0.473. The third-order valence-electron chi connectivity index (χ3n) is 4.31. The van der Waals surface area contributed by atoms with Crippen LogP contribution in [0.15, 0.2) is 42.5 Å². The molecule has 0 bridgehead atoms. The molecule has 4 N–H and O–H groups in total. The molecular formula is C18H17F3N2O2. The topological polar surface area (TPSA) is 75.3 Å². The van der Waals surface area contributed by atoms with Gasteiger partial charge in [0.2, 0.25) is 0 Å². The number of alkyl halides is 3. The number of phenolic OH excluding ortho intramolecular Hbond substituents is 1. The lowest BCUT2D eigenvalue weighted by Crippen LogP contribution is -2.28. The molecule has 1 amide bonds. The predicted octanol–water partition coefficient (Wildman–Crippen LogP) is 3.16. The van der Waals surface area contributed by atoms with Gasteiger partial charge in [-0.15, -0.1) is 0 Å². The number of amides is 1. The normalized spacial score (nSPS) is 19.5. The van der Waals surface area contributed by atoms with Gasteiger partial charge in [0.05, 0.1) is 11.1 Å². The molecule has 1 aliphatic carbocycles. The lowest BCUT2D eigenvalue weighted by atomic mass is 10.00. The van der Waals surface area contributed by atoms with Gasteiger partial charge in [-0.1, -0.05) is 18.2 Å². The molecule has 1 fully saturated rings. The Morgan fingerprint density at radius 3 is 2.56 bits per heavy atom. The van der Waals surface area contributed by atoms with E-state index in [0.29, 0.717) is 17.7 Å². The molecule has 0 aromatic heterocycles. The second-order valence-corrected chi connectivity index (χ2v) is 6.12. The first-order chi connectivity index (χ1) is 11.8. The van der Waals surface area contributed by atoms with Crippen molar-refractivity contribution < 1.29 is 23.1 Å². The van der Waals surface area contributed by atoms with Gasteiger partial charge in [0.15, 0.2) is 0 Å². The summed E-state index contributed by atoms with van der Waals surface area (Å²) in [6, 6.07) is 8.97. The van der Waals surface area contributed by atoms with Gasteiger partial charge < -0.3 is 16.2 Å². The molecule has 7 heteroatoms.